The minimum atomic E-state index is 0.0916. The lowest BCUT2D eigenvalue weighted by Crippen LogP contribution is -1.93. The van der Waals surface area contributed by atoms with E-state index in [1.807, 2.05) is 19.1 Å². The summed E-state index contributed by atoms with van der Waals surface area (Å²) < 4.78 is 5.04. The van der Waals surface area contributed by atoms with E-state index >= 15 is 0 Å². The molecule has 0 aromatic heterocycles. The summed E-state index contributed by atoms with van der Waals surface area (Å²) in [6, 6.07) is 3.87. The highest BCUT2D eigenvalue weighted by Gasteiger charge is 2.16. The quantitative estimate of drug-likeness (QED) is 0.622. The highest BCUT2D eigenvalue weighted by Crippen LogP contribution is 2.31. The molecule has 1 aliphatic heterocycles. The Morgan fingerprint density at radius 3 is 2.92 bits per heavy atom. The summed E-state index contributed by atoms with van der Waals surface area (Å²) in [5.41, 5.74) is 3.77. The number of aryl methyl sites for hydroxylation is 1. The molecule has 2 aliphatic rings. The van der Waals surface area contributed by atoms with Crippen LogP contribution >= 0.6 is 0 Å². The first-order valence-electron chi connectivity index (χ1n) is 4.16. The highest BCUT2D eigenvalue weighted by atomic mass is 16.3. The molecule has 0 spiro atoms. The SMILES string of the molecule is CC(=O)c1c(C)cc2ccocc1-2. The summed E-state index contributed by atoms with van der Waals surface area (Å²) in [7, 11) is 0. The van der Waals surface area contributed by atoms with E-state index in [4.69, 9.17) is 4.42 Å². The second-order valence-corrected chi connectivity index (χ2v) is 3.18. The number of Topliss-reactive ketones (excluding diaryl/α,β-unsaturated/α-hetero) is 1. The van der Waals surface area contributed by atoms with Gasteiger partial charge in [-0.1, -0.05) is 6.07 Å². The Kier molecular flexibility index (Phi) is 1.69. The number of carbonyl (C=O) groups is 1. The van der Waals surface area contributed by atoms with Crippen LogP contribution in [0, 0.1) is 6.92 Å². The van der Waals surface area contributed by atoms with Crippen molar-refractivity contribution in [3.63, 3.8) is 0 Å². The predicted molar refractivity (Wildman–Crippen MR) is 50.1 cm³/mol. The molecule has 1 heterocycles. The maximum Gasteiger partial charge on any atom is 0.160 e. The van der Waals surface area contributed by atoms with Gasteiger partial charge in [-0.3, -0.25) is 4.79 Å². The zero-order valence-corrected chi connectivity index (χ0v) is 7.63. The van der Waals surface area contributed by atoms with E-state index in [0.717, 1.165) is 22.3 Å². The molecule has 0 N–H and O–H groups in total. The average molecular weight is 174 g/mol. The number of hydrogen-bond donors (Lipinski definition) is 0. The largest absolute Gasteiger partial charge is 0.472 e. The van der Waals surface area contributed by atoms with Gasteiger partial charge in [0.2, 0.25) is 0 Å². The lowest BCUT2D eigenvalue weighted by atomic mass is 10.1. The van der Waals surface area contributed by atoms with Crippen LogP contribution in [0.1, 0.15) is 22.8 Å². The van der Waals surface area contributed by atoms with E-state index in [2.05, 4.69) is 0 Å². The molecule has 0 atom stereocenters. The van der Waals surface area contributed by atoms with E-state index in [1.54, 1.807) is 19.5 Å². The molecule has 0 amide bonds. The standard InChI is InChI=1S/C11H10O2/c1-7-5-9-3-4-13-6-10(9)11(7)8(2)12/h3-6H,1-2H3. The van der Waals surface area contributed by atoms with E-state index in [1.165, 1.54) is 0 Å². The molecule has 0 saturated carbocycles. The van der Waals surface area contributed by atoms with Gasteiger partial charge in [0.15, 0.2) is 5.78 Å². The van der Waals surface area contributed by atoms with Crippen LogP contribution in [0.4, 0.5) is 0 Å². The number of hydrogen-bond acceptors (Lipinski definition) is 2. The van der Waals surface area contributed by atoms with Crippen LogP contribution in [-0.4, -0.2) is 5.78 Å². The topological polar surface area (TPSA) is 30.2 Å². The Hall–Kier alpha value is -1.57. The Morgan fingerprint density at radius 2 is 2.23 bits per heavy atom. The molecule has 0 radical (unpaired) electrons. The molecule has 0 unspecified atom stereocenters. The van der Waals surface area contributed by atoms with Gasteiger partial charge >= 0.3 is 0 Å². The van der Waals surface area contributed by atoms with Crippen LogP contribution in [0.2, 0.25) is 0 Å². The maximum atomic E-state index is 11.3. The molecular weight excluding hydrogens is 164 g/mol. The van der Waals surface area contributed by atoms with Crippen LogP contribution in [0.25, 0.3) is 11.1 Å². The van der Waals surface area contributed by atoms with E-state index in [9.17, 15) is 4.79 Å². The van der Waals surface area contributed by atoms with Crippen molar-refractivity contribution in [1.82, 2.24) is 0 Å². The van der Waals surface area contributed by atoms with Crippen LogP contribution in [-0.2, 0) is 0 Å². The average Bonchev–Trinajstić information content (AvgIpc) is 2.39. The predicted octanol–water partition coefficient (Wildman–Crippen LogP) is 2.90. The van der Waals surface area contributed by atoms with Crippen molar-refractivity contribution >= 4 is 5.78 Å². The van der Waals surface area contributed by atoms with Crippen molar-refractivity contribution in [3.05, 3.63) is 35.8 Å². The molecule has 0 aromatic carbocycles. The van der Waals surface area contributed by atoms with Gasteiger partial charge in [0.05, 0.1) is 12.5 Å². The summed E-state index contributed by atoms with van der Waals surface area (Å²) in [6.45, 7) is 3.52. The van der Waals surface area contributed by atoms with E-state index < -0.39 is 0 Å². The Labute approximate surface area is 76.5 Å². The third kappa shape index (κ3) is 1.15. The summed E-state index contributed by atoms with van der Waals surface area (Å²) in [6.07, 6.45) is 3.24. The smallest absolute Gasteiger partial charge is 0.160 e. The first-order chi connectivity index (χ1) is 6.20. The van der Waals surface area contributed by atoms with Gasteiger partial charge in [-0.05, 0) is 31.0 Å². The molecule has 66 valence electrons. The Balaban J connectivity index is 2.76. The van der Waals surface area contributed by atoms with Gasteiger partial charge in [-0.15, -0.1) is 0 Å². The zero-order valence-electron chi connectivity index (χ0n) is 7.63. The number of fused-ring (bicyclic) bond motifs is 1. The Morgan fingerprint density at radius 1 is 1.46 bits per heavy atom. The number of rotatable bonds is 1. The van der Waals surface area contributed by atoms with Crippen LogP contribution in [0.15, 0.2) is 29.1 Å². The molecule has 0 bridgehead atoms. The minimum absolute atomic E-state index is 0.0916. The molecule has 0 aromatic rings. The minimum Gasteiger partial charge on any atom is -0.472 e. The normalized spacial score (nSPS) is 10.6. The summed E-state index contributed by atoms with van der Waals surface area (Å²) in [5, 5.41) is 0. The van der Waals surface area contributed by atoms with Gasteiger partial charge < -0.3 is 4.42 Å². The van der Waals surface area contributed by atoms with Crippen LogP contribution in [0.5, 0.6) is 0 Å². The monoisotopic (exact) mass is 174 g/mol. The van der Waals surface area contributed by atoms with Crippen molar-refractivity contribution in [2.24, 2.45) is 0 Å². The molecule has 1 aliphatic carbocycles. The van der Waals surface area contributed by atoms with Gasteiger partial charge in [0.1, 0.15) is 0 Å². The summed E-state index contributed by atoms with van der Waals surface area (Å²) in [5.74, 6) is 0.0916. The third-order valence-electron chi connectivity index (χ3n) is 2.21. The first kappa shape index (κ1) is 8.05. The lowest BCUT2D eigenvalue weighted by Gasteiger charge is -1.99. The summed E-state index contributed by atoms with van der Waals surface area (Å²) in [4.78, 5) is 11.3. The fourth-order valence-corrected chi connectivity index (χ4v) is 1.69. The van der Waals surface area contributed by atoms with Crippen molar-refractivity contribution in [2.75, 3.05) is 0 Å². The second-order valence-electron chi connectivity index (χ2n) is 3.18. The molecular formula is C11H10O2. The molecule has 0 saturated heterocycles. The van der Waals surface area contributed by atoms with E-state index in [-0.39, 0.29) is 5.78 Å². The molecule has 0 fully saturated rings. The van der Waals surface area contributed by atoms with Crippen molar-refractivity contribution in [3.8, 4) is 11.1 Å². The fourth-order valence-electron chi connectivity index (χ4n) is 1.69. The van der Waals surface area contributed by atoms with Crippen molar-refractivity contribution in [2.45, 2.75) is 13.8 Å². The Bertz CT molecular complexity index is 426. The summed E-state index contributed by atoms with van der Waals surface area (Å²) >= 11 is 0. The van der Waals surface area contributed by atoms with Crippen LogP contribution in [0.3, 0.4) is 0 Å². The third-order valence-corrected chi connectivity index (χ3v) is 2.21. The zero-order chi connectivity index (χ0) is 9.42. The molecule has 13 heavy (non-hydrogen) atoms. The van der Waals surface area contributed by atoms with Gasteiger partial charge in [-0.2, -0.15) is 0 Å². The maximum absolute atomic E-state index is 11.3. The number of ketones is 1. The first-order valence-corrected chi connectivity index (χ1v) is 4.16. The van der Waals surface area contributed by atoms with Gasteiger partial charge in [-0.25, -0.2) is 0 Å². The van der Waals surface area contributed by atoms with E-state index in [0.29, 0.717) is 0 Å². The highest BCUT2D eigenvalue weighted by molar-refractivity contribution is 6.03. The van der Waals surface area contributed by atoms with Crippen molar-refractivity contribution in [1.29, 1.82) is 0 Å². The molecule has 2 heteroatoms. The number of carbonyl (C=O) groups excluding carboxylic acids is 1. The molecule has 2 nitrogen and oxygen atoms in total. The van der Waals surface area contributed by atoms with Crippen LogP contribution < -0.4 is 0 Å². The lowest BCUT2D eigenvalue weighted by molar-refractivity contribution is 0.101. The van der Waals surface area contributed by atoms with Crippen molar-refractivity contribution < 1.29 is 9.21 Å². The van der Waals surface area contributed by atoms with Gasteiger partial charge in [0.25, 0.3) is 0 Å². The fraction of sp³-hybridized carbons (Fsp3) is 0.182. The molecule has 2 rings (SSSR count). The van der Waals surface area contributed by atoms with Gasteiger partial charge in [0, 0.05) is 11.1 Å². The second kappa shape index (κ2) is 2.73.